The number of carbonyl (C=O) groups is 1. The first kappa shape index (κ1) is 11.6. The maximum Gasteiger partial charge on any atom is 0.239 e. The molecule has 0 aromatic carbocycles. The summed E-state index contributed by atoms with van der Waals surface area (Å²) >= 11 is 1.80. The van der Waals surface area contributed by atoms with Gasteiger partial charge in [0.1, 0.15) is 0 Å². The van der Waals surface area contributed by atoms with Crippen LogP contribution in [0.3, 0.4) is 0 Å². The van der Waals surface area contributed by atoms with Gasteiger partial charge in [0.2, 0.25) is 5.91 Å². The SMILES string of the molecule is CCC1c2ccsc2CCN1C(=O)[C@@H](C)N. The van der Waals surface area contributed by atoms with E-state index >= 15 is 0 Å². The fraction of sp³-hybridized carbons (Fsp3) is 0.583. The lowest BCUT2D eigenvalue weighted by Crippen LogP contribution is -2.46. The maximum atomic E-state index is 12.0. The highest BCUT2D eigenvalue weighted by molar-refractivity contribution is 7.10. The first-order valence-electron chi connectivity index (χ1n) is 5.77. The van der Waals surface area contributed by atoms with Crippen molar-refractivity contribution in [3.63, 3.8) is 0 Å². The van der Waals surface area contributed by atoms with E-state index in [0.29, 0.717) is 0 Å². The van der Waals surface area contributed by atoms with Crippen molar-refractivity contribution < 1.29 is 4.79 Å². The summed E-state index contributed by atoms with van der Waals surface area (Å²) in [7, 11) is 0. The average Bonchev–Trinajstić information content (AvgIpc) is 2.74. The highest BCUT2D eigenvalue weighted by atomic mass is 32.1. The molecular weight excluding hydrogens is 220 g/mol. The molecule has 2 heterocycles. The zero-order chi connectivity index (χ0) is 11.7. The molecule has 16 heavy (non-hydrogen) atoms. The quantitative estimate of drug-likeness (QED) is 0.855. The Balaban J connectivity index is 2.27. The molecule has 1 aliphatic rings. The fourth-order valence-electron chi connectivity index (χ4n) is 2.36. The lowest BCUT2D eigenvalue weighted by Gasteiger charge is -2.36. The first-order valence-corrected chi connectivity index (χ1v) is 6.65. The average molecular weight is 238 g/mol. The Morgan fingerprint density at radius 2 is 2.50 bits per heavy atom. The Labute approximate surface area is 100 Å². The van der Waals surface area contributed by atoms with Crippen LogP contribution >= 0.6 is 11.3 Å². The van der Waals surface area contributed by atoms with E-state index in [2.05, 4.69) is 18.4 Å². The Bertz CT molecular complexity index is 386. The summed E-state index contributed by atoms with van der Waals surface area (Å²) in [6.07, 6.45) is 1.93. The van der Waals surface area contributed by atoms with Crippen molar-refractivity contribution in [2.24, 2.45) is 5.73 Å². The third kappa shape index (κ3) is 1.87. The van der Waals surface area contributed by atoms with E-state index in [9.17, 15) is 4.79 Å². The van der Waals surface area contributed by atoms with Crippen LogP contribution in [0.5, 0.6) is 0 Å². The predicted octanol–water partition coefficient (Wildman–Crippen LogP) is 1.93. The maximum absolute atomic E-state index is 12.0. The van der Waals surface area contributed by atoms with Crippen LogP contribution in [0.2, 0.25) is 0 Å². The lowest BCUT2D eigenvalue weighted by atomic mass is 9.97. The second-order valence-electron chi connectivity index (χ2n) is 4.29. The van der Waals surface area contributed by atoms with Crippen molar-refractivity contribution in [3.05, 3.63) is 21.9 Å². The van der Waals surface area contributed by atoms with Gasteiger partial charge in [-0.05, 0) is 36.8 Å². The molecule has 0 spiro atoms. The van der Waals surface area contributed by atoms with Crippen molar-refractivity contribution in [2.75, 3.05) is 6.54 Å². The van der Waals surface area contributed by atoms with Crippen LogP contribution in [-0.2, 0) is 11.2 Å². The molecule has 88 valence electrons. The van der Waals surface area contributed by atoms with Crippen LogP contribution in [-0.4, -0.2) is 23.4 Å². The van der Waals surface area contributed by atoms with Gasteiger partial charge in [-0.3, -0.25) is 4.79 Å². The second kappa shape index (κ2) is 4.55. The van der Waals surface area contributed by atoms with Crippen LogP contribution in [0.4, 0.5) is 0 Å². The Morgan fingerprint density at radius 1 is 1.75 bits per heavy atom. The summed E-state index contributed by atoms with van der Waals surface area (Å²) in [6.45, 7) is 4.70. The first-order chi connectivity index (χ1) is 7.65. The van der Waals surface area contributed by atoms with Gasteiger partial charge >= 0.3 is 0 Å². The lowest BCUT2D eigenvalue weighted by molar-refractivity contribution is -0.135. The highest BCUT2D eigenvalue weighted by Gasteiger charge is 2.31. The summed E-state index contributed by atoms with van der Waals surface area (Å²) in [4.78, 5) is 15.4. The van der Waals surface area contributed by atoms with Crippen molar-refractivity contribution in [3.8, 4) is 0 Å². The Kier molecular flexibility index (Phi) is 3.30. The molecule has 0 saturated heterocycles. The molecule has 1 aromatic heterocycles. The minimum Gasteiger partial charge on any atom is -0.334 e. The van der Waals surface area contributed by atoms with Crippen LogP contribution in [0.1, 0.15) is 36.8 Å². The van der Waals surface area contributed by atoms with Crippen molar-refractivity contribution in [1.82, 2.24) is 4.90 Å². The number of carbonyl (C=O) groups excluding carboxylic acids is 1. The molecule has 2 rings (SSSR count). The minimum absolute atomic E-state index is 0.0729. The largest absolute Gasteiger partial charge is 0.334 e. The van der Waals surface area contributed by atoms with Crippen LogP contribution in [0.15, 0.2) is 11.4 Å². The number of thiophene rings is 1. The summed E-state index contributed by atoms with van der Waals surface area (Å²) in [6, 6.07) is 1.98. The van der Waals surface area contributed by atoms with Crippen molar-refractivity contribution in [2.45, 2.75) is 38.8 Å². The van der Waals surface area contributed by atoms with E-state index in [-0.39, 0.29) is 11.9 Å². The van der Waals surface area contributed by atoms with Gasteiger partial charge in [-0.15, -0.1) is 11.3 Å². The third-order valence-electron chi connectivity index (χ3n) is 3.15. The van der Waals surface area contributed by atoms with Crippen LogP contribution < -0.4 is 5.73 Å². The Hall–Kier alpha value is -0.870. The smallest absolute Gasteiger partial charge is 0.239 e. The number of fused-ring (bicyclic) bond motifs is 1. The second-order valence-corrected chi connectivity index (χ2v) is 5.29. The van der Waals surface area contributed by atoms with E-state index in [1.54, 1.807) is 18.3 Å². The van der Waals surface area contributed by atoms with Gasteiger partial charge in [0.15, 0.2) is 0 Å². The number of hydrogen-bond acceptors (Lipinski definition) is 3. The zero-order valence-corrected chi connectivity index (χ0v) is 10.6. The van der Waals surface area contributed by atoms with Gasteiger partial charge in [0.25, 0.3) is 0 Å². The van der Waals surface area contributed by atoms with E-state index in [1.165, 1.54) is 10.4 Å². The molecule has 1 unspecified atom stereocenters. The molecular formula is C12H18N2OS. The summed E-state index contributed by atoms with van der Waals surface area (Å²) in [5.41, 5.74) is 7.02. The van der Waals surface area contributed by atoms with Crippen molar-refractivity contribution in [1.29, 1.82) is 0 Å². The monoisotopic (exact) mass is 238 g/mol. The standard InChI is InChI=1S/C12H18N2OS/c1-3-10-9-5-7-16-11(9)4-6-14(10)12(15)8(2)13/h5,7-8,10H,3-4,6,13H2,1-2H3/t8-,10?/m1/s1. The van der Waals surface area contributed by atoms with E-state index in [0.717, 1.165) is 19.4 Å². The molecule has 4 heteroatoms. The van der Waals surface area contributed by atoms with Gasteiger partial charge in [0.05, 0.1) is 12.1 Å². The summed E-state index contributed by atoms with van der Waals surface area (Å²) in [5.74, 6) is 0.0729. The normalized spacial score (nSPS) is 21.7. The molecule has 0 aliphatic carbocycles. The molecule has 0 radical (unpaired) electrons. The van der Waals surface area contributed by atoms with E-state index < -0.39 is 6.04 Å². The highest BCUT2D eigenvalue weighted by Crippen LogP contribution is 2.35. The number of hydrogen-bond donors (Lipinski definition) is 1. The van der Waals surface area contributed by atoms with E-state index in [4.69, 9.17) is 5.73 Å². The third-order valence-corrected chi connectivity index (χ3v) is 4.15. The fourth-order valence-corrected chi connectivity index (χ4v) is 3.29. The van der Waals surface area contributed by atoms with Gasteiger partial charge in [-0.25, -0.2) is 0 Å². The van der Waals surface area contributed by atoms with Gasteiger partial charge in [0, 0.05) is 11.4 Å². The van der Waals surface area contributed by atoms with Crippen LogP contribution in [0.25, 0.3) is 0 Å². The molecule has 1 aromatic rings. The van der Waals surface area contributed by atoms with E-state index in [1.807, 2.05) is 4.90 Å². The number of nitrogens with zero attached hydrogens (tertiary/aromatic N) is 1. The molecule has 2 atom stereocenters. The van der Waals surface area contributed by atoms with Gasteiger partial charge in [-0.2, -0.15) is 0 Å². The molecule has 1 aliphatic heterocycles. The predicted molar refractivity (Wildman–Crippen MR) is 66.4 cm³/mol. The summed E-state index contributed by atoms with van der Waals surface area (Å²) < 4.78 is 0. The van der Waals surface area contributed by atoms with Gasteiger partial charge in [-0.1, -0.05) is 6.92 Å². The number of rotatable bonds is 2. The summed E-state index contributed by atoms with van der Waals surface area (Å²) in [5, 5.41) is 2.12. The molecule has 0 saturated carbocycles. The Morgan fingerprint density at radius 3 is 3.12 bits per heavy atom. The number of nitrogens with two attached hydrogens (primary N) is 1. The van der Waals surface area contributed by atoms with Gasteiger partial charge < -0.3 is 10.6 Å². The van der Waals surface area contributed by atoms with Crippen LogP contribution in [0, 0.1) is 0 Å². The molecule has 0 fully saturated rings. The minimum atomic E-state index is -0.394. The van der Waals surface area contributed by atoms with Crippen molar-refractivity contribution >= 4 is 17.2 Å². The molecule has 1 amide bonds. The molecule has 3 nitrogen and oxygen atoms in total. The number of amides is 1. The topological polar surface area (TPSA) is 46.3 Å². The zero-order valence-electron chi connectivity index (χ0n) is 9.77. The molecule has 2 N–H and O–H groups in total. The molecule has 0 bridgehead atoms.